The third-order valence-corrected chi connectivity index (χ3v) is 4.52. The fourth-order valence-electron chi connectivity index (χ4n) is 2.43. The molecule has 2 aromatic heterocycles. The number of rotatable bonds is 5. The third-order valence-electron chi connectivity index (χ3n) is 3.64. The van der Waals surface area contributed by atoms with Crippen LogP contribution < -0.4 is 10.1 Å². The molecule has 1 N–H and O–H groups in total. The highest BCUT2D eigenvalue weighted by Gasteiger charge is 2.12. The molecule has 3 rings (SSSR count). The van der Waals surface area contributed by atoms with Crippen molar-refractivity contribution in [1.82, 2.24) is 4.98 Å². The first-order chi connectivity index (χ1) is 12.1. The number of thiazole rings is 1. The van der Waals surface area contributed by atoms with Crippen LogP contribution in [0.2, 0.25) is 0 Å². The van der Waals surface area contributed by atoms with Gasteiger partial charge in [0.2, 0.25) is 5.91 Å². The lowest BCUT2D eigenvalue weighted by Crippen LogP contribution is -2.07. The van der Waals surface area contributed by atoms with Crippen molar-refractivity contribution in [3.05, 3.63) is 58.9 Å². The highest BCUT2D eigenvalue weighted by Crippen LogP contribution is 2.32. The fraction of sp³-hybridized carbons (Fsp3) is 0.158. The van der Waals surface area contributed by atoms with Crippen LogP contribution in [0, 0.1) is 13.8 Å². The van der Waals surface area contributed by atoms with Crippen LogP contribution in [-0.4, -0.2) is 18.0 Å². The standard InChI is InChI=1S/C19H18N2O3S/c1-12-11-14(6-8-16(12)23-3)18-13(2)25-19(21-18)20-17(22)9-7-15-5-4-10-24-15/h4-11H,1-3H3,(H,20,21,22)/b9-7+. The maximum Gasteiger partial charge on any atom is 0.250 e. The van der Waals surface area contributed by atoms with E-state index in [4.69, 9.17) is 9.15 Å². The van der Waals surface area contributed by atoms with Crippen molar-refractivity contribution in [2.24, 2.45) is 0 Å². The number of anilines is 1. The average Bonchev–Trinajstić information content (AvgIpc) is 3.22. The van der Waals surface area contributed by atoms with Crippen LogP contribution in [0.1, 0.15) is 16.2 Å². The highest BCUT2D eigenvalue weighted by atomic mass is 32.1. The molecule has 0 saturated carbocycles. The number of furan rings is 1. The topological polar surface area (TPSA) is 64.4 Å². The van der Waals surface area contributed by atoms with Gasteiger partial charge in [-0.15, -0.1) is 11.3 Å². The molecule has 5 nitrogen and oxygen atoms in total. The van der Waals surface area contributed by atoms with E-state index in [0.29, 0.717) is 10.9 Å². The zero-order valence-corrected chi connectivity index (χ0v) is 15.0. The average molecular weight is 354 g/mol. The molecule has 25 heavy (non-hydrogen) atoms. The number of nitrogens with one attached hydrogen (secondary N) is 1. The van der Waals surface area contributed by atoms with E-state index in [9.17, 15) is 4.79 Å². The Labute approximate surface area is 150 Å². The molecular formula is C19H18N2O3S. The molecule has 128 valence electrons. The van der Waals surface area contributed by atoms with Gasteiger partial charge in [0.1, 0.15) is 11.5 Å². The molecular weight excluding hydrogens is 336 g/mol. The summed E-state index contributed by atoms with van der Waals surface area (Å²) in [6.45, 7) is 3.98. The molecule has 0 spiro atoms. The van der Waals surface area contributed by atoms with Gasteiger partial charge < -0.3 is 9.15 Å². The zero-order valence-electron chi connectivity index (χ0n) is 14.2. The summed E-state index contributed by atoms with van der Waals surface area (Å²) in [5.74, 6) is 1.22. The quantitative estimate of drug-likeness (QED) is 0.676. The van der Waals surface area contributed by atoms with Crippen LogP contribution in [0.5, 0.6) is 5.75 Å². The Balaban J connectivity index is 1.76. The maximum atomic E-state index is 12.0. The van der Waals surface area contributed by atoms with Crippen molar-refractivity contribution in [1.29, 1.82) is 0 Å². The first-order valence-electron chi connectivity index (χ1n) is 7.72. The molecule has 0 bridgehead atoms. The van der Waals surface area contributed by atoms with Crippen molar-refractivity contribution >= 4 is 28.5 Å². The molecule has 0 unspecified atom stereocenters. The van der Waals surface area contributed by atoms with Gasteiger partial charge in [0.25, 0.3) is 0 Å². The van der Waals surface area contributed by atoms with Crippen molar-refractivity contribution in [3.63, 3.8) is 0 Å². The van der Waals surface area contributed by atoms with Gasteiger partial charge in [0.05, 0.1) is 19.1 Å². The van der Waals surface area contributed by atoms with E-state index < -0.39 is 0 Å². The van der Waals surface area contributed by atoms with Crippen molar-refractivity contribution in [2.75, 3.05) is 12.4 Å². The normalized spacial score (nSPS) is 11.0. The van der Waals surface area contributed by atoms with Crippen molar-refractivity contribution in [2.45, 2.75) is 13.8 Å². The molecule has 0 aliphatic carbocycles. The van der Waals surface area contributed by atoms with Gasteiger partial charge in [-0.05, 0) is 55.8 Å². The summed E-state index contributed by atoms with van der Waals surface area (Å²) in [5.41, 5.74) is 2.90. The summed E-state index contributed by atoms with van der Waals surface area (Å²) >= 11 is 1.45. The highest BCUT2D eigenvalue weighted by molar-refractivity contribution is 7.16. The lowest BCUT2D eigenvalue weighted by molar-refractivity contribution is -0.111. The maximum absolute atomic E-state index is 12.0. The molecule has 2 heterocycles. The number of nitrogens with zero attached hydrogens (tertiary/aromatic N) is 1. The van der Waals surface area contributed by atoms with E-state index >= 15 is 0 Å². The number of aryl methyl sites for hydroxylation is 2. The number of hydrogen-bond acceptors (Lipinski definition) is 5. The predicted octanol–water partition coefficient (Wildman–Crippen LogP) is 4.68. The number of methoxy groups -OCH3 is 1. The fourth-order valence-corrected chi connectivity index (χ4v) is 3.27. The number of hydrogen-bond donors (Lipinski definition) is 1. The Morgan fingerprint density at radius 3 is 2.84 bits per heavy atom. The van der Waals surface area contributed by atoms with E-state index in [2.05, 4.69) is 10.3 Å². The lowest BCUT2D eigenvalue weighted by atomic mass is 10.1. The second kappa shape index (κ2) is 7.36. The second-order valence-electron chi connectivity index (χ2n) is 5.45. The molecule has 0 fully saturated rings. The number of benzene rings is 1. The molecule has 0 aliphatic rings. The van der Waals surface area contributed by atoms with Crippen LogP contribution in [0.4, 0.5) is 5.13 Å². The number of amides is 1. The molecule has 1 aromatic carbocycles. The van der Waals surface area contributed by atoms with E-state index in [1.165, 1.54) is 17.4 Å². The SMILES string of the molecule is COc1ccc(-c2nc(NC(=O)/C=C/c3ccco3)sc2C)cc1C. The number of carbonyl (C=O) groups excluding carboxylic acids is 1. The Morgan fingerprint density at radius 2 is 2.16 bits per heavy atom. The molecule has 6 heteroatoms. The number of aromatic nitrogens is 1. The Hall–Kier alpha value is -2.86. The third kappa shape index (κ3) is 3.97. The molecule has 3 aromatic rings. The minimum absolute atomic E-state index is 0.248. The van der Waals surface area contributed by atoms with Crippen LogP contribution in [0.15, 0.2) is 47.1 Å². The largest absolute Gasteiger partial charge is 0.496 e. The summed E-state index contributed by atoms with van der Waals surface area (Å²) in [4.78, 5) is 17.6. The molecule has 0 radical (unpaired) electrons. The van der Waals surface area contributed by atoms with Crippen molar-refractivity contribution in [3.8, 4) is 17.0 Å². The van der Waals surface area contributed by atoms with Crippen LogP contribution >= 0.6 is 11.3 Å². The van der Waals surface area contributed by atoms with Gasteiger partial charge >= 0.3 is 0 Å². The zero-order chi connectivity index (χ0) is 17.8. The Morgan fingerprint density at radius 1 is 1.32 bits per heavy atom. The van der Waals surface area contributed by atoms with Gasteiger partial charge in [-0.3, -0.25) is 10.1 Å². The lowest BCUT2D eigenvalue weighted by Gasteiger charge is -2.06. The van der Waals surface area contributed by atoms with Crippen LogP contribution in [0.3, 0.4) is 0 Å². The minimum Gasteiger partial charge on any atom is -0.496 e. The van der Waals surface area contributed by atoms with Gasteiger partial charge in [0, 0.05) is 16.5 Å². The predicted molar refractivity (Wildman–Crippen MR) is 99.9 cm³/mol. The van der Waals surface area contributed by atoms with Gasteiger partial charge in [-0.1, -0.05) is 0 Å². The van der Waals surface area contributed by atoms with E-state index in [1.807, 2.05) is 32.0 Å². The summed E-state index contributed by atoms with van der Waals surface area (Å²) in [6.07, 6.45) is 4.60. The second-order valence-corrected chi connectivity index (χ2v) is 6.65. The number of ether oxygens (including phenoxy) is 1. The van der Waals surface area contributed by atoms with E-state index in [1.54, 1.807) is 31.6 Å². The smallest absolute Gasteiger partial charge is 0.250 e. The first kappa shape index (κ1) is 17.0. The molecule has 1 amide bonds. The van der Waals surface area contributed by atoms with Crippen LogP contribution in [0.25, 0.3) is 17.3 Å². The van der Waals surface area contributed by atoms with E-state index in [-0.39, 0.29) is 5.91 Å². The van der Waals surface area contributed by atoms with Gasteiger partial charge in [-0.25, -0.2) is 4.98 Å². The Kier molecular flexibility index (Phi) is 5.00. The van der Waals surface area contributed by atoms with Gasteiger partial charge in [-0.2, -0.15) is 0 Å². The molecule has 0 aliphatic heterocycles. The summed E-state index contributed by atoms with van der Waals surface area (Å²) in [6, 6.07) is 9.47. The summed E-state index contributed by atoms with van der Waals surface area (Å²) in [5, 5.41) is 3.35. The van der Waals surface area contributed by atoms with Crippen LogP contribution in [-0.2, 0) is 4.79 Å². The van der Waals surface area contributed by atoms with Crippen molar-refractivity contribution < 1.29 is 13.9 Å². The Bertz CT molecular complexity index is 911. The summed E-state index contributed by atoms with van der Waals surface area (Å²) < 4.78 is 10.4. The monoisotopic (exact) mass is 354 g/mol. The molecule has 0 atom stereocenters. The minimum atomic E-state index is -0.248. The molecule has 0 saturated heterocycles. The van der Waals surface area contributed by atoms with Gasteiger partial charge in [0.15, 0.2) is 5.13 Å². The summed E-state index contributed by atoms with van der Waals surface area (Å²) in [7, 11) is 1.65. The van der Waals surface area contributed by atoms with E-state index in [0.717, 1.165) is 27.4 Å². The number of carbonyl (C=O) groups is 1. The first-order valence-corrected chi connectivity index (χ1v) is 8.53.